The second-order valence-corrected chi connectivity index (χ2v) is 4.17. The summed E-state index contributed by atoms with van der Waals surface area (Å²) in [6, 6.07) is 7.00. The summed E-state index contributed by atoms with van der Waals surface area (Å²) in [4.78, 5) is 15.9. The molecule has 7 heteroatoms. The van der Waals surface area contributed by atoms with Gasteiger partial charge in [0.25, 0.3) is 5.91 Å². The number of nitrogens with one attached hydrogen (secondary N) is 2. The molecule has 2 aromatic rings. The molecule has 0 saturated heterocycles. The molecule has 106 valence electrons. The zero-order valence-corrected chi connectivity index (χ0v) is 11.5. The first-order valence-electron chi connectivity index (χ1n) is 6.09. The van der Waals surface area contributed by atoms with E-state index < -0.39 is 6.10 Å². The van der Waals surface area contributed by atoms with Gasteiger partial charge in [0, 0.05) is 0 Å². The van der Waals surface area contributed by atoms with E-state index in [0.29, 0.717) is 11.6 Å². The molecule has 1 aromatic heterocycles. The van der Waals surface area contributed by atoms with Gasteiger partial charge >= 0.3 is 0 Å². The number of methoxy groups -OCH3 is 1. The van der Waals surface area contributed by atoms with Crippen LogP contribution in [0.2, 0.25) is 0 Å². The smallest absolute Gasteiger partial charge is 0.267 e. The molecule has 0 aliphatic rings. The van der Waals surface area contributed by atoms with Crippen molar-refractivity contribution in [3.05, 3.63) is 30.1 Å². The van der Waals surface area contributed by atoms with Gasteiger partial charge in [0.05, 0.1) is 7.11 Å². The van der Waals surface area contributed by atoms with Crippen LogP contribution in [0.15, 0.2) is 24.3 Å². The lowest BCUT2D eigenvalue weighted by Gasteiger charge is -2.13. The molecule has 20 heavy (non-hydrogen) atoms. The van der Waals surface area contributed by atoms with Gasteiger partial charge in [0.1, 0.15) is 17.3 Å². The molecule has 1 unspecified atom stereocenters. The van der Waals surface area contributed by atoms with Crippen molar-refractivity contribution in [1.82, 2.24) is 15.2 Å². The Morgan fingerprint density at radius 3 is 2.50 bits per heavy atom. The van der Waals surface area contributed by atoms with Gasteiger partial charge in [-0.15, -0.1) is 5.10 Å². The molecular formula is C13H16N4O3. The highest BCUT2D eigenvalue weighted by atomic mass is 16.5. The van der Waals surface area contributed by atoms with Crippen molar-refractivity contribution in [3.63, 3.8) is 0 Å². The Labute approximate surface area is 116 Å². The standard InChI is InChI=1S/C13H16N4O3/c1-8(12(18)15-13-14-9(2)16-17-13)20-11-6-4-10(19-3)5-7-11/h4-8H,1-3H3,(H2,14,15,16,17,18). The van der Waals surface area contributed by atoms with Crippen LogP contribution in [0.1, 0.15) is 12.7 Å². The summed E-state index contributed by atoms with van der Waals surface area (Å²) in [6.45, 7) is 3.40. The molecule has 0 fully saturated rings. The number of aromatic nitrogens is 3. The number of ether oxygens (including phenoxy) is 2. The third-order valence-electron chi connectivity index (χ3n) is 2.57. The van der Waals surface area contributed by atoms with Crippen LogP contribution in [0.4, 0.5) is 5.95 Å². The summed E-state index contributed by atoms with van der Waals surface area (Å²) in [5.41, 5.74) is 0. The predicted octanol–water partition coefficient (Wildman–Crippen LogP) is 1.53. The maximum atomic E-state index is 11.9. The number of carbonyl (C=O) groups excluding carboxylic acids is 1. The molecule has 1 atom stereocenters. The van der Waals surface area contributed by atoms with Crippen molar-refractivity contribution in [2.45, 2.75) is 20.0 Å². The van der Waals surface area contributed by atoms with Crippen LogP contribution in [0.5, 0.6) is 11.5 Å². The molecule has 0 spiro atoms. The highest BCUT2D eigenvalue weighted by Crippen LogP contribution is 2.18. The van der Waals surface area contributed by atoms with Crippen LogP contribution in [0.3, 0.4) is 0 Å². The van der Waals surface area contributed by atoms with E-state index in [0.717, 1.165) is 5.75 Å². The summed E-state index contributed by atoms with van der Waals surface area (Å²) in [6.07, 6.45) is -0.665. The van der Waals surface area contributed by atoms with Gasteiger partial charge in [0.15, 0.2) is 6.10 Å². The first-order valence-corrected chi connectivity index (χ1v) is 6.09. The van der Waals surface area contributed by atoms with Gasteiger partial charge < -0.3 is 9.47 Å². The Hall–Kier alpha value is -2.57. The van der Waals surface area contributed by atoms with Gasteiger partial charge in [-0.1, -0.05) is 0 Å². The molecule has 7 nitrogen and oxygen atoms in total. The average Bonchev–Trinajstić information content (AvgIpc) is 2.85. The summed E-state index contributed by atoms with van der Waals surface area (Å²) in [5.74, 6) is 1.85. The predicted molar refractivity (Wildman–Crippen MR) is 72.8 cm³/mol. The minimum Gasteiger partial charge on any atom is -0.497 e. The van der Waals surface area contributed by atoms with Crippen LogP contribution in [-0.2, 0) is 4.79 Å². The molecule has 0 radical (unpaired) electrons. The van der Waals surface area contributed by atoms with Gasteiger partial charge in [0.2, 0.25) is 5.95 Å². The average molecular weight is 276 g/mol. The van der Waals surface area contributed by atoms with E-state index in [2.05, 4.69) is 20.5 Å². The van der Waals surface area contributed by atoms with Gasteiger partial charge in [-0.2, -0.15) is 4.98 Å². The number of nitrogens with zero attached hydrogens (tertiary/aromatic N) is 2. The lowest BCUT2D eigenvalue weighted by molar-refractivity contribution is -0.122. The summed E-state index contributed by atoms with van der Waals surface area (Å²) >= 11 is 0. The monoisotopic (exact) mass is 276 g/mol. The fraction of sp³-hybridized carbons (Fsp3) is 0.308. The van der Waals surface area contributed by atoms with Crippen LogP contribution in [-0.4, -0.2) is 34.3 Å². The summed E-state index contributed by atoms with van der Waals surface area (Å²) in [7, 11) is 1.59. The summed E-state index contributed by atoms with van der Waals surface area (Å²) in [5, 5.41) is 9.04. The van der Waals surface area contributed by atoms with E-state index >= 15 is 0 Å². The fourth-order valence-corrected chi connectivity index (χ4v) is 1.52. The number of hydrogen-bond donors (Lipinski definition) is 2. The number of carbonyl (C=O) groups is 1. The first-order chi connectivity index (χ1) is 9.58. The van der Waals surface area contributed by atoms with E-state index in [1.807, 2.05) is 0 Å². The Balaban J connectivity index is 1.92. The second-order valence-electron chi connectivity index (χ2n) is 4.17. The van der Waals surface area contributed by atoms with Crippen LogP contribution >= 0.6 is 0 Å². The van der Waals surface area contributed by atoms with E-state index in [1.165, 1.54) is 0 Å². The molecular weight excluding hydrogens is 260 g/mol. The number of H-pyrrole nitrogens is 1. The molecule has 1 amide bonds. The molecule has 1 aromatic carbocycles. The number of aromatic amines is 1. The van der Waals surface area contributed by atoms with Crippen molar-refractivity contribution >= 4 is 11.9 Å². The van der Waals surface area contributed by atoms with E-state index in [4.69, 9.17) is 9.47 Å². The third kappa shape index (κ3) is 3.47. The maximum Gasteiger partial charge on any atom is 0.267 e. The number of amides is 1. The zero-order chi connectivity index (χ0) is 14.5. The third-order valence-corrected chi connectivity index (χ3v) is 2.57. The first kappa shape index (κ1) is 13.9. The SMILES string of the molecule is COc1ccc(OC(C)C(=O)Nc2n[nH]c(C)n2)cc1. The largest absolute Gasteiger partial charge is 0.497 e. The van der Waals surface area contributed by atoms with Crippen LogP contribution < -0.4 is 14.8 Å². The molecule has 2 rings (SSSR count). The zero-order valence-electron chi connectivity index (χ0n) is 11.5. The van der Waals surface area contributed by atoms with Crippen molar-refractivity contribution in [1.29, 1.82) is 0 Å². The molecule has 0 aliphatic carbocycles. The van der Waals surface area contributed by atoms with E-state index in [9.17, 15) is 4.79 Å². The van der Waals surface area contributed by atoms with Gasteiger partial charge in [-0.05, 0) is 38.1 Å². The molecule has 0 bridgehead atoms. The molecule has 0 saturated carbocycles. The Morgan fingerprint density at radius 2 is 1.95 bits per heavy atom. The van der Waals surface area contributed by atoms with E-state index in [1.54, 1.807) is 45.2 Å². The Bertz CT molecular complexity index is 580. The van der Waals surface area contributed by atoms with Crippen molar-refractivity contribution in [2.24, 2.45) is 0 Å². The Kier molecular flexibility index (Phi) is 4.19. The van der Waals surface area contributed by atoms with Crippen molar-refractivity contribution in [2.75, 3.05) is 12.4 Å². The number of hydrogen-bond acceptors (Lipinski definition) is 5. The van der Waals surface area contributed by atoms with Gasteiger partial charge in [-0.3, -0.25) is 15.2 Å². The van der Waals surface area contributed by atoms with E-state index in [-0.39, 0.29) is 11.9 Å². The number of anilines is 1. The van der Waals surface area contributed by atoms with Gasteiger partial charge in [-0.25, -0.2) is 0 Å². The second kappa shape index (κ2) is 6.05. The lowest BCUT2D eigenvalue weighted by Crippen LogP contribution is -2.30. The number of aryl methyl sites for hydroxylation is 1. The Morgan fingerprint density at radius 1 is 1.30 bits per heavy atom. The normalized spacial score (nSPS) is 11.8. The quantitative estimate of drug-likeness (QED) is 0.864. The molecule has 0 aliphatic heterocycles. The highest BCUT2D eigenvalue weighted by Gasteiger charge is 2.16. The van der Waals surface area contributed by atoms with Crippen LogP contribution in [0, 0.1) is 6.92 Å². The number of benzene rings is 1. The van der Waals surface area contributed by atoms with Crippen LogP contribution in [0.25, 0.3) is 0 Å². The molecule has 1 heterocycles. The lowest BCUT2D eigenvalue weighted by atomic mass is 10.3. The topological polar surface area (TPSA) is 89.1 Å². The highest BCUT2D eigenvalue weighted by molar-refractivity contribution is 5.92. The maximum absolute atomic E-state index is 11.9. The van der Waals surface area contributed by atoms with Crippen molar-refractivity contribution < 1.29 is 14.3 Å². The minimum absolute atomic E-state index is 0.234. The minimum atomic E-state index is -0.665. The van der Waals surface area contributed by atoms with Crippen molar-refractivity contribution in [3.8, 4) is 11.5 Å². The summed E-state index contributed by atoms with van der Waals surface area (Å²) < 4.78 is 10.6. The molecule has 2 N–H and O–H groups in total. The number of rotatable bonds is 5. The fourth-order valence-electron chi connectivity index (χ4n) is 1.52.